The van der Waals surface area contributed by atoms with Crippen molar-refractivity contribution in [3.05, 3.63) is 12.2 Å². The van der Waals surface area contributed by atoms with E-state index >= 15 is 0 Å². The first-order valence-corrected chi connectivity index (χ1v) is 10.2. The number of ether oxygens (including phenoxy) is 4. The Kier molecular flexibility index (Phi) is 5.85. The van der Waals surface area contributed by atoms with Gasteiger partial charge in [-0.3, -0.25) is 0 Å². The van der Waals surface area contributed by atoms with E-state index in [4.69, 9.17) is 18.9 Å². The van der Waals surface area contributed by atoms with Crippen molar-refractivity contribution in [1.29, 1.82) is 0 Å². The van der Waals surface area contributed by atoms with Crippen molar-refractivity contribution in [3.8, 4) is 0 Å². The molecule has 28 heavy (non-hydrogen) atoms. The first-order chi connectivity index (χ1) is 13.0. The van der Waals surface area contributed by atoms with Gasteiger partial charge >= 0.3 is 6.09 Å². The van der Waals surface area contributed by atoms with E-state index in [1.54, 1.807) is 21.0 Å². The normalized spacial score (nSPS) is 40.1. The number of alkyl carbamates (subject to hydrolysis) is 1. The van der Waals surface area contributed by atoms with Gasteiger partial charge in [0.15, 0.2) is 0 Å². The van der Waals surface area contributed by atoms with Gasteiger partial charge in [-0.1, -0.05) is 26.0 Å². The number of carbonyl (C=O) groups is 1. The Balaban J connectivity index is 1.70. The maximum absolute atomic E-state index is 12.2. The van der Waals surface area contributed by atoms with Crippen molar-refractivity contribution in [1.82, 2.24) is 5.32 Å². The summed E-state index contributed by atoms with van der Waals surface area (Å²) in [5, 5.41) is 12.4. The maximum atomic E-state index is 12.2. The van der Waals surface area contributed by atoms with Crippen LogP contribution < -0.4 is 5.32 Å². The molecule has 1 saturated carbocycles. The molecule has 0 aromatic heterocycles. The second kappa shape index (κ2) is 7.59. The molecule has 0 aromatic rings. The lowest BCUT2D eigenvalue weighted by Gasteiger charge is -2.42. The topological polar surface area (TPSA) is 92.9 Å². The van der Waals surface area contributed by atoms with Crippen LogP contribution in [0.5, 0.6) is 0 Å². The largest absolute Gasteiger partial charge is 0.443 e. The third-order valence-electron chi connectivity index (χ3n) is 6.00. The molecule has 0 bridgehead atoms. The van der Waals surface area contributed by atoms with Gasteiger partial charge in [-0.2, -0.15) is 0 Å². The fourth-order valence-corrected chi connectivity index (χ4v) is 4.41. The third kappa shape index (κ3) is 4.53. The zero-order valence-electron chi connectivity index (χ0n) is 17.9. The smallest absolute Gasteiger partial charge is 0.407 e. The molecule has 1 aliphatic carbocycles. The van der Waals surface area contributed by atoms with E-state index < -0.39 is 17.3 Å². The molecule has 6 atom stereocenters. The summed E-state index contributed by atoms with van der Waals surface area (Å²) in [6, 6.07) is 0. The number of hydrogen-bond acceptors (Lipinski definition) is 6. The Labute approximate surface area is 167 Å². The summed E-state index contributed by atoms with van der Waals surface area (Å²) in [6.45, 7) is 10.4. The van der Waals surface area contributed by atoms with Crippen LogP contribution in [0.15, 0.2) is 12.2 Å². The van der Waals surface area contributed by atoms with Gasteiger partial charge in [0.05, 0.1) is 18.1 Å². The summed E-state index contributed by atoms with van der Waals surface area (Å²) < 4.78 is 23.5. The highest BCUT2D eigenvalue weighted by atomic mass is 16.6. The Morgan fingerprint density at radius 2 is 2.11 bits per heavy atom. The Hall–Kier alpha value is -1.15. The van der Waals surface area contributed by atoms with Gasteiger partial charge in [-0.05, 0) is 39.5 Å². The predicted molar refractivity (Wildman–Crippen MR) is 104 cm³/mol. The number of nitrogens with one attached hydrogen (secondary N) is 1. The average Bonchev–Trinajstić information content (AvgIpc) is 3.50. The number of allylic oxidation sites excluding steroid dienone is 1. The van der Waals surface area contributed by atoms with Crippen LogP contribution in [0.3, 0.4) is 0 Å². The van der Waals surface area contributed by atoms with E-state index in [1.165, 1.54) is 0 Å². The van der Waals surface area contributed by atoms with Crippen LogP contribution in [0.25, 0.3) is 0 Å². The molecule has 3 fully saturated rings. The minimum absolute atomic E-state index is 0.0152. The summed E-state index contributed by atoms with van der Waals surface area (Å²) in [6.07, 6.45) is 4.52. The highest BCUT2D eigenvalue weighted by Gasteiger charge is 2.72. The lowest BCUT2D eigenvalue weighted by Crippen LogP contribution is -2.56. The summed E-state index contributed by atoms with van der Waals surface area (Å²) in [4.78, 5) is 12.2. The minimum Gasteiger partial charge on any atom is -0.443 e. The van der Waals surface area contributed by atoms with Crippen LogP contribution in [0.4, 0.5) is 4.79 Å². The lowest BCUT2D eigenvalue weighted by atomic mass is 9.68. The number of rotatable bonds is 7. The first-order valence-electron chi connectivity index (χ1n) is 10.2. The van der Waals surface area contributed by atoms with Crippen molar-refractivity contribution in [2.75, 3.05) is 20.3 Å². The predicted octanol–water partition coefficient (Wildman–Crippen LogP) is 2.42. The van der Waals surface area contributed by atoms with E-state index in [-0.39, 0.29) is 36.4 Å². The Morgan fingerprint density at radius 3 is 2.64 bits per heavy atom. The molecule has 2 N–H and O–H groups in total. The second-order valence-electron chi connectivity index (χ2n) is 9.53. The van der Waals surface area contributed by atoms with Gasteiger partial charge in [0.25, 0.3) is 0 Å². The molecule has 2 saturated heterocycles. The standard InChI is InChI=1S/C21H35NO6/c1-13(2)7-8-15-20(5,28-15)17-16(25-6)14(9-10-21(17)12-26-21)27-18(23)22-11-19(3,4)24/h7-8,13-17,24H,9-12H2,1-6H3,(H,22,23)/b8-7+/t14-,15-,16-,17?,20+,21+/m1/s1. The van der Waals surface area contributed by atoms with Crippen molar-refractivity contribution >= 4 is 6.09 Å². The van der Waals surface area contributed by atoms with Gasteiger partial charge in [0, 0.05) is 13.7 Å². The van der Waals surface area contributed by atoms with Gasteiger partial charge in [-0.25, -0.2) is 4.79 Å². The van der Waals surface area contributed by atoms with Crippen LogP contribution in [0.2, 0.25) is 0 Å². The molecule has 0 radical (unpaired) electrons. The Morgan fingerprint density at radius 1 is 1.43 bits per heavy atom. The number of hydrogen-bond donors (Lipinski definition) is 2. The highest BCUT2D eigenvalue weighted by Crippen LogP contribution is 2.59. The highest BCUT2D eigenvalue weighted by molar-refractivity contribution is 5.67. The molecular weight excluding hydrogens is 362 g/mol. The fraction of sp³-hybridized carbons (Fsp3) is 0.857. The zero-order chi connectivity index (χ0) is 20.7. The molecule has 160 valence electrons. The van der Waals surface area contributed by atoms with Crippen LogP contribution in [0.1, 0.15) is 47.5 Å². The SMILES string of the molecule is CO[C@H]1C([C@@]2(C)O[C@@H]2/C=C/C(C)C)[C@]2(CC[C@H]1OC(=O)NCC(C)(C)O)CO2. The molecule has 1 amide bonds. The van der Waals surface area contributed by atoms with E-state index in [2.05, 4.69) is 38.2 Å². The van der Waals surface area contributed by atoms with E-state index in [0.717, 1.165) is 6.42 Å². The first kappa shape index (κ1) is 21.6. The van der Waals surface area contributed by atoms with Gasteiger partial charge in [0.2, 0.25) is 0 Å². The van der Waals surface area contributed by atoms with Crippen LogP contribution in [0, 0.1) is 11.8 Å². The van der Waals surface area contributed by atoms with Crippen molar-refractivity contribution in [2.45, 2.75) is 82.6 Å². The molecule has 2 aliphatic heterocycles. The van der Waals surface area contributed by atoms with Crippen molar-refractivity contribution < 1.29 is 28.8 Å². The van der Waals surface area contributed by atoms with E-state index in [0.29, 0.717) is 18.9 Å². The van der Waals surface area contributed by atoms with Crippen LogP contribution in [-0.2, 0) is 18.9 Å². The van der Waals surface area contributed by atoms with Gasteiger partial charge < -0.3 is 29.4 Å². The van der Waals surface area contributed by atoms with Gasteiger partial charge in [0.1, 0.15) is 29.5 Å². The summed E-state index contributed by atoms with van der Waals surface area (Å²) in [7, 11) is 1.65. The molecule has 7 nitrogen and oxygen atoms in total. The summed E-state index contributed by atoms with van der Waals surface area (Å²) in [5.74, 6) is 0.437. The molecule has 3 aliphatic rings. The van der Waals surface area contributed by atoms with E-state index in [9.17, 15) is 9.90 Å². The Bertz CT molecular complexity index is 609. The third-order valence-corrected chi connectivity index (χ3v) is 6.00. The van der Waals surface area contributed by atoms with Crippen LogP contribution >= 0.6 is 0 Å². The van der Waals surface area contributed by atoms with Crippen molar-refractivity contribution in [3.63, 3.8) is 0 Å². The monoisotopic (exact) mass is 397 g/mol. The molecule has 0 aromatic carbocycles. The number of amides is 1. The van der Waals surface area contributed by atoms with Gasteiger partial charge in [-0.15, -0.1) is 0 Å². The minimum atomic E-state index is -0.994. The molecule has 3 rings (SSSR count). The molecular formula is C21H35NO6. The molecule has 2 heterocycles. The van der Waals surface area contributed by atoms with Crippen molar-refractivity contribution in [2.24, 2.45) is 11.8 Å². The molecule has 7 heteroatoms. The average molecular weight is 398 g/mol. The molecule has 1 spiro atoms. The summed E-state index contributed by atoms with van der Waals surface area (Å²) in [5.41, 5.74) is -1.64. The maximum Gasteiger partial charge on any atom is 0.407 e. The fourth-order valence-electron chi connectivity index (χ4n) is 4.41. The quantitative estimate of drug-likeness (QED) is 0.506. The zero-order valence-corrected chi connectivity index (χ0v) is 17.9. The van der Waals surface area contributed by atoms with Crippen LogP contribution in [-0.4, -0.2) is 66.6 Å². The molecule has 1 unspecified atom stereocenters. The number of carbonyl (C=O) groups excluding carboxylic acids is 1. The number of epoxide rings is 2. The van der Waals surface area contributed by atoms with E-state index in [1.807, 2.05) is 0 Å². The number of methoxy groups -OCH3 is 1. The summed E-state index contributed by atoms with van der Waals surface area (Å²) >= 11 is 0. The lowest BCUT2D eigenvalue weighted by molar-refractivity contribution is -0.118. The second-order valence-corrected chi connectivity index (χ2v) is 9.53. The number of aliphatic hydroxyl groups is 1.